The molecule has 0 heterocycles. The van der Waals surface area contributed by atoms with Crippen LogP contribution in [0.2, 0.25) is 0 Å². The normalized spacial score (nSPS) is 16.5. The minimum Gasteiger partial charge on any atom is -1.00 e. The molecule has 0 bridgehead atoms. The Balaban J connectivity index is 0. The van der Waals surface area contributed by atoms with Gasteiger partial charge in [0.2, 0.25) is 0 Å². The molecule has 0 saturated carbocycles. The molecule has 0 aliphatic rings. The maximum atomic E-state index is 2.34. The Morgan fingerprint density at radius 1 is 0.917 bits per heavy atom. The summed E-state index contributed by atoms with van der Waals surface area (Å²) in [5.74, 6) is 0. The Morgan fingerprint density at radius 2 is 1.17 bits per heavy atom. The average molecular weight is 285 g/mol. The highest BCUT2D eigenvalue weighted by molar-refractivity contribution is 4.53. The molecular weight excluding hydrogens is 261 g/mol. The summed E-state index contributed by atoms with van der Waals surface area (Å²) in [4.78, 5) is 0. The molecule has 12 heavy (non-hydrogen) atoms. The molecule has 0 aromatic carbocycles. The predicted octanol–water partition coefficient (Wildman–Crippen LogP) is -0.336. The summed E-state index contributed by atoms with van der Waals surface area (Å²) < 4.78 is 1.16. The van der Waals surface area contributed by atoms with E-state index in [1.165, 1.54) is 12.8 Å². The van der Waals surface area contributed by atoms with E-state index in [1.54, 1.807) is 0 Å². The number of quaternary nitrogens is 1. The van der Waals surface area contributed by atoms with Crippen molar-refractivity contribution in [2.24, 2.45) is 0 Å². The van der Waals surface area contributed by atoms with Crippen LogP contribution < -0.4 is 24.0 Å². The molecule has 0 rings (SSSR count). The van der Waals surface area contributed by atoms with Crippen molar-refractivity contribution in [1.29, 1.82) is 0 Å². The number of hydrogen-bond acceptors (Lipinski definition) is 0. The fourth-order valence-electron chi connectivity index (χ4n) is 1.38. The fraction of sp³-hybridized carbons (Fsp3) is 1.00. The van der Waals surface area contributed by atoms with Gasteiger partial charge in [0.15, 0.2) is 0 Å². The predicted molar refractivity (Wildman–Crippen MR) is 51.6 cm³/mol. The third kappa shape index (κ3) is 3.60. The number of hydrogen-bond donors (Lipinski definition) is 0. The Labute approximate surface area is 95.1 Å². The van der Waals surface area contributed by atoms with Crippen LogP contribution in [0.15, 0.2) is 0 Å². The zero-order chi connectivity index (χ0) is 9.07. The molecule has 0 fully saturated rings. The molecule has 0 aromatic rings. The van der Waals surface area contributed by atoms with Gasteiger partial charge in [-0.15, -0.1) is 0 Å². The molecule has 0 N–H and O–H groups in total. The molecule has 0 aromatic heterocycles. The van der Waals surface area contributed by atoms with Crippen molar-refractivity contribution >= 4 is 0 Å². The van der Waals surface area contributed by atoms with Crippen molar-refractivity contribution in [3.8, 4) is 0 Å². The SMILES string of the molecule is CC[C@H](C)[N+](C)(C)[C@@H](C)CC.[I-]. The molecule has 0 radical (unpaired) electrons. The van der Waals surface area contributed by atoms with Crippen LogP contribution in [-0.2, 0) is 0 Å². The Bertz CT molecular complexity index is 100. The molecular formula is C10H24IN. The molecule has 2 atom stereocenters. The van der Waals surface area contributed by atoms with Crippen LogP contribution in [-0.4, -0.2) is 30.7 Å². The largest absolute Gasteiger partial charge is 1.00 e. The minimum absolute atomic E-state index is 0. The summed E-state index contributed by atoms with van der Waals surface area (Å²) in [6.45, 7) is 9.22. The molecule has 0 saturated heterocycles. The highest BCUT2D eigenvalue weighted by Gasteiger charge is 2.27. The van der Waals surface area contributed by atoms with E-state index >= 15 is 0 Å². The monoisotopic (exact) mass is 285 g/mol. The van der Waals surface area contributed by atoms with E-state index in [4.69, 9.17) is 0 Å². The van der Waals surface area contributed by atoms with E-state index in [2.05, 4.69) is 41.8 Å². The van der Waals surface area contributed by atoms with Crippen molar-refractivity contribution in [3.05, 3.63) is 0 Å². The van der Waals surface area contributed by atoms with Gasteiger partial charge in [0.05, 0.1) is 26.2 Å². The summed E-state index contributed by atoms with van der Waals surface area (Å²) >= 11 is 0. The summed E-state index contributed by atoms with van der Waals surface area (Å²) in [6, 6.07) is 1.56. The van der Waals surface area contributed by atoms with E-state index in [-0.39, 0.29) is 24.0 Å². The number of nitrogens with zero attached hydrogens (tertiary/aromatic N) is 1. The highest BCUT2D eigenvalue weighted by atomic mass is 127. The van der Waals surface area contributed by atoms with E-state index in [9.17, 15) is 0 Å². The van der Waals surface area contributed by atoms with Gasteiger partial charge in [-0.05, 0) is 26.7 Å². The van der Waals surface area contributed by atoms with Crippen LogP contribution in [0.1, 0.15) is 40.5 Å². The van der Waals surface area contributed by atoms with Crippen LogP contribution >= 0.6 is 0 Å². The summed E-state index contributed by atoms with van der Waals surface area (Å²) in [7, 11) is 4.67. The summed E-state index contributed by atoms with van der Waals surface area (Å²) in [6.07, 6.45) is 2.55. The first-order valence-corrected chi connectivity index (χ1v) is 4.80. The molecule has 0 spiro atoms. The second kappa shape index (κ2) is 6.19. The molecule has 0 unspecified atom stereocenters. The lowest BCUT2D eigenvalue weighted by atomic mass is 10.1. The van der Waals surface area contributed by atoms with Gasteiger partial charge in [-0.1, -0.05) is 13.8 Å². The van der Waals surface area contributed by atoms with Gasteiger partial charge >= 0.3 is 0 Å². The van der Waals surface area contributed by atoms with Gasteiger partial charge in [-0.2, -0.15) is 0 Å². The number of halogens is 1. The smallest absolute Gasteiger partial charge is 0.0856 e. The maximum Gasteiger partial charge on any atom is 0.0856 e. The van der Waals surface area contributed by atoms with Crippen LogP contribution in [0, 0.1) is 0 Å². The molecule has 76 valence electrons. The first-order chi connectivity index (χ1) is 4.96. The van der Waals surface area contributed by atoms with Crippen molar-refractivity contribution in [3.63, 3.8) is 0 Å². The quantitative estimate of drug-likeness (QED) is 0.490. The molecule has 1 nitrogen and oxygen atoms in total. The van der Waals surface area contributed by atoms with Gasteiger partial charge < -0.3 is 28.5 Å². The Morgan fingerprint density at radius 3 is 1.33 bits per heavy atom. The minimum atomic E-state index is 0. The highest BCUT2D eigenvalue weighted by Crippen LogP contribution is 2.17. The van der Waals surface area contributed by atoms with Crippen molar-refractivity contribution in [2.45, 2.75) is 52.6 Å². The van der Waals surface area contributed by atoms with E-state index in [0.29, 0.717) is 0 Å². The molecule has 0 aliphatic carbocycles. The molecule has 2 heteroatoms. The summed E-state index contributed by atoms with van der Waals surface area (Å²) in [5.41, 5.74) is 0. The second-order valence-corrected chi connectivity index (χ2v) is 4.14. The Kier molecular flexibility index (Phi) is 7.83. The maximum absolute atomic E-state index is 2.34. The number of rotatable bonds is 4. The molecule has 0 amide bonds. The standard InChI is InChI=1S/C10H24N.HI/c1-7-9(3)11(5,6)10(4)8-2;/h9-10H,7-8H2,1-6H3;1H/q+1;/p-1/t9-,10-;/m0./s1. The van der Waals surface area contributed by atoms with Gasteiger partial charge in [0.25, 0.3) is 0 Å². The first-order valence-electron chi connectivity index (χ1n) is 4.80. The van der Waals surface area contributed by atoms with E-state index < -0.39 is 0 Å². The van der Waals surface area contributed by atoms with Crippen molar-refractivity contribution in [2.75, 3.05) is 14.1 Å². The van der Waals surface area contributed by atoms with Crippen LogP contribution in [0.3, 0.4) is 0 Å². The lowest BCUT2D eigenvalue weighted by Gasteiger charge is -2.41. The summed E-state index contributed by atoms with van der Waals surface area (Å²) in [5, 5.41) is 0. The third-order valence-electron chi connectivity index (χ3n) is 3.45. The second-order valence-electron chi connectivity index (χ2n) is 4.14. The zero-order valence-electron chi connectivity index (χ0n) is 9.39. The lowest BCUT2D eigenvalue weighted by Crippen LogP contribution is -3.00. The van der Waals surface area contributed by atoms with Gasteiger partial charge in [0.1, 0.15) is 0 Å². The van der Waals surface area contributed by atoms with Crippen molar-refractivity contribution in [1.82, 2.24) is 0 Å². The van der Waals surface area contributed by atoms with E-state index in [1.807, 2.05) is 0 Å². The average Bonchev–Trinajstić information content (AvgIpc) is 2.01. The van der Waals surface area contributed by atoms with Crippen molar-refractivity contribution < 1.29 is 28.5 Å². The topological polar surface area (TPSA) is 0 Å². The first kappa shape index (κ1) is 15.2. The van der Waals surface area contributed by atoms with Gasteiger partial charge in [-0.3, -0.25) is 0 Å². The fourth-order valence-corrected chi connectivity index (χ4v) is 1.38. The molecule has 0 aliphatic heterocycles. The van der Waals surface area contributed by atoms with Gasteiger partial charge in [-0.25, -0.2) is 0 Å². The zero-order valence-corrected chi connectivity index (χ0v) is 11.6. The van der Waals surface area contributed by atoms with Crippen LogP contribution in [0.25, 0.3) is 0 Å². The third-order valence-corrected chi connectivity index (χ3v) is 3.45. The van der Waals surface area contributed by atoms with Gasteiger partial charge in [0, 0.05) is 0 Å². The van der Waals surface area contributed by atoms with E-state index in [0.717, 1.165) is 16.6 Å². The van der Waals surface area contributed by atoms with Crippen LogP contribution in [0.5, 0.6) is 0 Å². The Hall–Kier alpha value is 0.690. The van der Waals surface area contributed by atoms with Crippen LogP contribution in [0.4, 0.5) is 0 Å². The lowest BCUT2D eigenvalue weighted by molar-refractivity contribution is -0.935.